The number of nitrogens with zero attached hydrogens (tertiary/aromatic N) is 4. The van der Waals surface area contributed by atoms with E-state index in [2.05, 4.69) is 25.2 Å². The summed E-state index contributed by atoms with van der Waals surface area (Å²) >= 11 is 1.45. The lowest BCUT2D eigenvalue weighted by atomic mass is 10.1. The van der Waals surface area contributed by atoms with E-state index in [0.717, 1.165) is 19.0 Å². The van der Waals surface area contributed by atoms with Crippen molar-refractivity contribution in [2.24, 2.45) is 0 Å². The van der Waals surface area contributed by atoms with Crippen LogP contribution in [0.4, 0.5) is 11.9 Å². The molecule has 2 rings (SSSR count). The van der Waals surface area contributed by atoms with Gasteiger partial charge in [-0.1, -0.05) is 11.8 Å². The second-order valence-corrected chi connectivity index (χ2v) is 5.17. The molecule has 0 spiro atoms. The zero-order chi connectivity index (χ0) is 12.8. The number of thioether (sulfide) groups is 1. The highest BCUT2D eigenvalue weighted by molar-refractivity contribution is 7.99. The molecule has 0 radical (unpaired) electrons. The number of aliphatic hydroxyl groups excluding tert-OH is 1. The van der Waals surface area contributed by atoms with Crippen molar-refractivity contribution in [1.82, 2.24) is 15.0 Å². The lowest BCUT2D eigenvalue weighted by Crippen LogP contribution is -2.31. The van der Waals surface area contributed by atoms with Crippen LogP contribution in [-0.2, 0) is 0 Å². The highest BCUT2D eigenvalue weighted by Crippen LogP contribution is 2.20. The highest BCUT2D eigenvalue weighted by atomic mass is 32.2. The summed E-state index contributed by atoms with van der Waals surface area (Å²) in [5, 5.41) is 12.5. The number of rotatable bonds is 5. The van der Waals surface area contributed by atoms with Crippen LogP contribution in [0.3, 0.4) is 0 Å². The lowest BCUT2D eigenvalue weighted by molar-refractivity contribution is 0.322. The summed E-state index contributed by atoms with van der Waals surface area (Å²) < 4.78 is 0. The summed E-state index contributed by atoms with van der Waals surface area (Å²) in [4.78, 5) is 15.3. The molecule has 6 nitrogen and oxygen atoms in total. The molecule has 7 heteroatoms. The van der Waals surface area contributed by atoms with Crippen LogP contribution < -0.4 is 10.2 Å². The van der Waals surface area contributed by atoms with Crippen molar-refractivity contribution in [1.29, 1.82) is 0 Å². The number of hydrogen-bond donors (Lipinski definition) is 2. The van der Waals surface area contributed by atoms with Gasteiger partial charge in [-0.3, -0.25) is 0 Å². The maximum absolute atomic E-state index is 8.85. The zero-order valence-electron chi connectivity index (χ0n) is 10.6. The molecule has 100 valence electrons. The molecule has 0 aliphatic carbocycles. The van der Waals surface area contributed by atoms with Crippen LogP contribution in [0, 0.1) is 0 Å². The number of nitrogens with one attached hydrogen (secondary N) is 1. The van der Waals surface area contributed by atoms with E-state index >= 15 is 0 Å². The quantitative estimate of drug-likeness (QED) is 0.772. The van der Waals surface area contributed by atoms with Gasteiger partial charge in [-0.05, 0) is 19.3 Å². The van der Waals surface area contributed by atoms with Gasteiger partial charge in [-0.25, -0.2) is 0 Å². The minimum absolute atomic E-state index is 0.129. The third-order valence-electron chi connectivity index (χ3n) is 2.79. The molecule has 0 aromatic carbocycles. The normalized spacial score (nSPS) is 15.8. The Kier molecular flexibility index (Phi) is 5.00. The second-order valence-electron chi connectivity index (χ2n) is 4.11. The van der Waals surface area contributed by atoms with Gasteiger partial charge in [0.15, 0.2) is 5.16 Å². The Hall–Kier alpha value is -1.08. The first-order valence-corrected chi connectivity index (χ1v) is 7.24. The van der Waals surface area contributed by atoms with Crippen molar-refractivity contribution in [3.8, 4) is 0 Å². The van der Waals surface area contributed by atoms with E-state index in [1.807, 2.05) is 0 Å². The smallest absolute Gasteiger partial charge is 0.231 e. The molecule has 2 N–H and O–H groups in total. The maximum Gasteiger partial charge on any atom is 0.231 e. The second kappa shape index (κ2) is 6.75. The van der Waals surface area contributed by atoms with Crippen molar-refractivity contribution in [2.75, 3.05) is 42.7 Å². The van der Waals surface area contributed by atoms with Crippen LogP contribution >= 0.6 is 11.8 Å². The average Bonchev–Trinajstić information content (AvgIpc) is 2.45. The summed E-state index contributed by atoms with van der Waals surface area (Å²) in [6.07, 6.45) is 3.67. The Morgan fingerprint density at radius 3 is 2.67 bits per heavy atom. The molecular weight excluding hydrogens is 250 g/mol. The van der Waals surface area contributed by atoms with Crippen molar-refractivity contribution in [2.45, 2.75) is 24.4 Å². The fourth-order valence-electron chi connectivity index (χ4n) is 1.89. The van der Waals surface area contributed by atoms with Crippen LogP contribution in [-0.4, -0.2) is 52.6 Å². The van der Waals surface area contributed by atoms with Gasteiger partial charge in [0.05, 0.1) is 6.61 Å². The summed E-state index contributed by atoms with van der Waals surface area (Å²) in [6, 6.07) is 0. The lowest BCUT2D eigenvalue weighted by Gasteiger charge is -2.26. The number of aliphatic hydroxyl groups is 1. The van der Waals surface area contributed by atoms with E-state index in [1.54, 1.807) is 7.05 Å². The average molecular weight is 269 g/mol. The van der Waals surface area contributed by atoms with E-state index in [9.17, 15) is 0 Å². The molecule has 1 aromatic heterocycles. The van der Waals surface area contributed by atoms with Crippen molar-refractivity contribution < 1.29 is 5.11 Å². The fraction of sp³-hybridized carbons (Fsp3) is 0.727. The summed E-state index contributed by atoms with van der Waals surface area (Å²) in [7, 11) is 1.80. The molecule has 2 heterocycles. The van der Waals surface area contributed by atoms with Crippen LogP contribution in [0.15, 0.2) is 5.16 Å². The summed E-state index contributed by atoms with van der Waals surface area (Å²) in [6.45, 7) is 2.15. The SMILES string of the molecule is CNc1nc(SCCO)nc(N2CCCCC2)n1. The van der Waals surface area contributed by atoms with Crippen molar-refractivity contribution in [3.05, 3.63) is 0 Å². The van der Waals surface area contributed by atoms with E-state index in [1.165, 1.54) is 31.0 Å². The van der Waals surface area contributed by atoms with Gasteiger partial charge >= 0.3 is 0 Å². The number of piperidine rings is 1. The van der Waals surface area contributed by atoms with Gasteiger partial charge in [-0.15, -0.1) is 0 Å². The van der Waals surface area contributed by atoms with Crippen LogP contribution in [0.2, 0.25) is 0 Å². The Labute approximate surface area is 111 Å². The maximum atomic E-state index is 8.85. The fourth-order valence-corrected chi connectivity index (χ4v) is 2.47. The van der Waals surface area contributed by atoms with E-state index in [0.29, 0.717) is 16.9 Å². The van der Waals surface area contributed by atoms with E-state index in [-0.39, 0.29) is 6.61 Å². The molecule has 0 saturated carbocycles. The van der Waals surface area contributed by atoms with Gasteiger partial charge in [-0.2, -0.15) is 15.0 Å². The summed E-state index contributed by atoms with van der Waals surface area (Å²) in [5.74, 6) is 1.94. The van der Waals surface area contributed by atoms with Gasteiger partial charge in [0.2, 0.25) is 11.9 Å². The molecule has 0 amide bonds. The van der Waals surface area contributed by atoms with Gasteiger partial charge in [0, 0.05) is 25.9 Å². The molecule has 0 atom stereocenters. The molecule has 1 saturated heterocycles. The zero-order valence-corrected chi connectivity index (χ0v) is 11.4. The molecule has 18 heavy (non-hydrogen) atoms. The van der Waals surface area contributed by atoms with E-state index in [4.69, 9.17) is 5.11 Å². The molecule has 1 aromatic rings. The molecule has 1 fully saturated rings. The topological polar surface area (TPSA) is 74.2 Å². The molecular formula is C11H19N5OS. The molecule has 0 bridgehead atoms. The predicted octanol–water partition coefficient (Wildman–Crippen LogP) is 0.988. The third kappa shape index (κ3) is 3.46. The van der Waals surface area contributed by atoms with Crippen LogP contribution in [0.5, 0.6) is 0 Å². The highest BCUT2D eigenvalue weighted by Gasteiger charge is 2.15. The van der Waals surface area contributed by atoms with Gasteiger partial charge in [0.25, 0.3) is 0 Å². The van der Waals surface area contributed by atoms with Crippen LogP contribution in [0.1, 0.15) is 19.3 Å². The van der Waals surface area contributed by atoms with Crippen molar-refractivity contribution >= 4 is 23.7 Å². The standard InChI is InChI=1S/C11H19N5OS/c1-12-9-13-10(16-5-3-2-4-6-16)15-11(14-9)18-8-7-17/h17H,2-8H2,1H3,(H,12,13,14,15). The first-order valence-electron chi connectivity index (χ1n) is 6.26. The molecule has 1 aliphatic heterocycles. The first kappa shape index (κ1) is 13.4. The van der Waals surface area contributed by atoms with Crippen molar-refractivity contribution in [3.63, 3.8) is 0 Å². The Balaban J connectivity index is 2.16. The third-order valence-corrected chi connectivity index (χ3v) is 3.62. The number of anilines is 2. The monoisotopic (exact) mass is 269 g/mol. The number of hydrogen-bond acceptors (Lipinski definition) is 7. The largest absolute Gasteiger partial charge is 0.396 e. The predicted molar refractivity (Wildman–Crippen MR) is 73.2 cm³/mol. The molecule has 1 aliphatic rings. The first-order chi connectivity index (χ1) is 8.83. The minimum atomic E-state index is 0.129. The Morgan fingerprint density at radius 1 is 1.22 bits per heavy atom. The molecule has 0 unspecified atom stereocenters. The summed E-state index contributed by atoms with van der Waals surface area (Å²) in [5.41, 5.74) is 0. The van der Waals surface area contributed by atoms with E-state index < -0.39 is 0 Å². The van der Waals surface area contributed by atoms with Crippen LogP contribution in [0.25, 0.3) is 0 Å². The Bertz CT molecular complexity index is 384. The minimum Gasteiger partial charge on any atom is -0.396 e. The van der Waals surface area contributed by atoms with Gasteiger partial charge < -0.3 is 15.3 Å². The Morgan fingerprint density at radius 2 is 2.00 bits per heavy atom. The van der Waals surface area contributed by atoms with Gasteiger partial charge in [0.1, 0.15) is 0 Å². The number of aromatic nitrogens is 3.